The Kier molecular flexibility index (Phi) is 4.60. The molecule has 0 aliphatic carbocycles. The molecule has 4 rings (SSSR count). The van der Waals surface area contributed by atoms with E-state index in [1.54, 1.807) is 18.6 Å². The van der Waals surface area contributed by atoms with Crippen LogP contribution in [0.15, 0.2) is 41.6 Å². The molecule has 0 amide bonds. The minimum Gasteiger partial charge on any atom is -0.368 e. The van der Waals surface area contributed by atoms with E-state index >= 15 is 0 Å². The van der Waals surface area contributed by atoms with Gasteiger partial charge in [0.1, 0.15) is 17.7 Å². The second kappa shape index (κ2) is 7.35. The average molecular weight is 337 g/mol. The molecule has 1 saturated heterocycles. The third kappa shape index (κ3) is 3.63. The van der Waals surface area contributed by atoms with Crippen molar-refractivity contribution in [3.05, 3.63) is 37.1 Å². The standard InChI is InChI=1S/C17H19N7O/c1-2-8-24(7-1)9-6-20-16-14(11-19-12-21-16)17-22-15(23-25-17)13-4-3-5-18-10-13/h3-5,10-12H,1-2,6-9H2,(H,19,20,21). The zero-order valence-electron chi connectivity index (χ0n) is 13.8. The maximum absolute atomic E-state index is 5.41. The second-order valence-electron chi connectivity index (χ2n) is 5.93. The first-order valence-electron chi connectivity index (χ1n) is 8.41. The Bertz CT molecular complexity index is 815. The van der Waals surface area contributed by atoms with Gasteiger partial charge in [0.15, 0.2) is 0 Å². The molecule has 8 nitrogen and oxygen atoms in total. The molecule has 0 radical (unpaired) electrons. The van der Waals surface area contributed by atoms with Gasteiger partial charge >= 0.3 is 0 Å². The monoisotopic (exact) mass is 337 g/mol. The van der Waals surface area contributed by atoms with E-state index in [2.05, 4.69) is 35.3 Å². The van der Waals surface area contributed by atoms with Crippen molar-refractivity contribution >= 4 is 5.82 Å². The van der Waals surface area contributed by atoms with E-state index in [1.165, 1.54) is 32.3 Å². The summed E-state index contributed by atoms with van der Waals surface area (Å²) in [6.45, 7) is 4.16. The summed E-state index contributed by atoms with van der Waals surface area (Å²) in [4.78, 5) is 19.4. The van der Waals surface area contributed by atoms with E-state index < -0.39 is 0 Å². The van der Waals surface area contributed by atoms with Crippen LogP contribution < -0.4 is 5.32 Å². The third-order valence-corrected chi connectivity index (χ3v) is 4.21. The Morgan fingerprint density at radius 2 is 2.08 bits per heavy atom. The molecular formula is C17H19N7O. The van der Waals surface area contributed by atoms with Gasteiger partial charge in [-0.2, -0.15) is 4.98 Å². The van der Waals surface area contributed by atoms with Crippen molar-refractivity contribution < 1.29 is 4.52 Å². The van der Waals surface area contributed by atoms with E-state index in [-0.39, 0.29) is 0 Å². The van der Waals surface area contributed by atoms with Crippen LogP contribution in [0, 0.1) is 0 Å². The number of anilines is 1. The molecule has 0 aromatic carbocycles. The van der Waals surface area contributed by atoms with Crippen molar-refractivity contribution in [1.82, 2.24) is 30.0 Å². The van der Waals surface area contributed by atoms with Crippen LogP contribution in [-0.2, 0) is 0 Å². The second-order valence-corrected chi connectivity index (χ2v) is 5.93. The van der Waals surface area contributed by atoms with Crippen LogP contribution in [0.25, 0.3) is 22.8 Å². The van der Waals surface area contributed by atoms with Crippen LogP contribution in [0.1, 0.15) is 12.8 Å². The molecule has 0 atom stereocenters. The summed E-state index contributed by atoms with van der Waals surface area (Å²) in [6, 6.07) is 3.72. The lowest BCUT2D eigenvalue weighted by Crippen LogP contribution is -2.26. The van der Waals surface area contributed by atoms with Crippen molar-refractivity contribution in [1.29, 1.82) is 0 Å². The molecule has 25 heavy (non-hydrogen) atoms. The van der Waals surface area contributed by atoms with Gasteiger partial charge in [-0.25, -0.2) is 9.97 Å². The van der Waals surface area contributed by atoms with E-state index in [9.17, 15) is 0 Å². The summed E-state index contributed by atoms with van der Waals surface area (Å²) in [5.74, 6) is 1.59. The minimum atomic E-state index is 0.392. The van der Waals surface area contributed by atoms with Gasteiger partial charge in [-0.15, -0.1) is 0 Å². The van der Waals surface area contributed by atoms with Crippen LogP contribution in [-0.4, -0.2) is 56.2 Å². The summed E-state index contributed by atoms with van der Waals surface area (Å²) >= 11 is 0. The molecule has 1 fully saturated rings. The highest BCUT2D eigenvalue weighted by molar-refractivity contribution is 5.69. The number of pyridine rings is 1. The van der Waals surface area contributed by atoms with Crippen molar-refractivity contribution in [3.8, 4) is 22.8 Å². The van der Waals surface area contributed by atoms with E-state index in [0.29, 0.717) is 23.1 Å². The van der Waals surface area contributed by atoms with Crippen LogP contribution >= 0.6 is 0 Å². The van der Waals surface area contributed by atoms with Crippen molar-refractivity contribution in [2.24, 2.45) is 0 Å². The van der Waals surface area contributed by atoms with Crippen LogP contribution in [0.3, 0.4) is 0 Å². The molecule has 1 N–H and O–H groups in total. The van der Waals surface area contributed by atoms with Crippen molar-refractivity contribution in [2.45, 2.75) is 12.8 Å². The molecule has 128 valence electrons. The summed E-state index contributed by atoms with van der Waals surface area (Å²) in [5.41, 5.74) is 1.50. The predicted octanol–water partition coefficient (Wildman–Crippen LogP) is 2.10. The van der Waals surface area contributed by atoms with Gasteiger partial charge in [0.2, 0.25) is 5.82 Å². The summed E-state index contributed by atoms with van der Waals surface area (Å²) < 4.78 is 5.41. The number of likely N-dealkylation sites (tertiary alicyclic amines) is 1. The number of nitrogens with one attached hydrogen (secondary N) is 1. The zero-order chi connectivity index (χ0) is 16.9. The van der Waals surface area contributed by atoms with Gasteiger partial charge in [-0.05, 0) is 38.1 Å². The molecule has 3 aromatic rings. The first kappa shape index (κ1) is 15.6. The summed E-state index contributed by atoms with van der Waals surface area (Å²) in [6.07, 6.45) is 9.19. The van der Waals surface area contributed by atoms with Gasteiger partial charge < -0.3 is 14.7 Å². The van der Waals surface area contributed by atoms with E-state index in [0.717, 1.165) is 18.7 Å². The Labute approximate surface area is 145 Å². The molecule has 4 heterocycles. The normalized spacial score (nSPS) is 14.7. The maximum Gasteiger partial charge on any atom is 0.263 e. The molecule has 0 saturated carbocycles. The molecule has 3 aromatic heterocycles. The molecule has 1 aliphatic rings. The molecular weight excluding hydrogens is 318 g/mol. The van der Waals surface area contributed by atoms with Gasteiger partial charge in [0, 0.05) is 37.2 Å². The van der Waals surface area contributed by atoms with Gasteiger partial charge in [-0.1, -0.05) is 5.16 Å². The SMILES string of the molecule is c1cncc(-c2noc(-c3cncnc3NCCN3CCCC3)n2)c1. The number of rotatable bonds is 6. The van der Waals surface area contributed by atoms with Gasteiger partial charge in [0.05, 0.1) is 0 Å². The Morgan fingerprint density at radius 1 is 1.16 bits per heavy atom. The lowest BCUT2D eigenvalue weighted by atomic mass is 10.2. The topological polar surface area (TPSA) is 92.9 Å². The molecule has 8 heteroatoms. The quantitative estimate of drug-likeness (QED) is 0.731. The fourth-order valence-electron chi connectivity index (χ4n) is 2.91. The fourth-order valence-corrected chi connectivity index (χ4v) is 2.91. The lowest BCUT2D eigenvalue weighted by molar-refractivity contribution is 0.352. The van der Waals surface area contributed by atoms with E-state index in [1.807, 2.05) is 12.1 Å². The van der Waals surface area contributed by atoms with Gasteiger partial charge in [0.25, 0.3) is 5.89 Å². The Hall–Kier alpha value is -2.87. The lowest BCUT2D eigenvalue weighted by Gasteiger charge is -2.15. The first-order chi connectivity index (χ1) is 12.4. The Balaban J connectivity index is 1.49. The highest BCUT2D eigenvalue weighted by Crippen LogP contribution is 2.25. The molecule has 0 unspecified atom stereocenters. The van der Waals surface area contributed by atoms with Crippen LogP contribution in [0.5, 0.6) is 0 Å². The third-order valence-electron chi connectivity index (χ3n) is 4.21. The molecule has 0 bridgehead atoms. The largest absolute Gasteiger partial charge is 0.368 e. The number of nitrogens with zero attached hydrogens (tertiary/aromatic N) is 6. The minimum absolute atomic E-state index is 0.392. The molecule has 0 spiro atoms. The highest BCUT2D eigenvalue weighted by atomic mass is 16.5. The fraction of sp³-hybridized carbons (Fsp3) is 0.353. The highest BCUT2D eigenvalue weighted by Gasteiger charge is 2.16. The number of hydrogen-bond donors (Lipinski definition) is 1. The van der Waals surface area contributed by atoms with E-state index in [4.69, 9.17) is 4.52 Å². The van der Waals surface area contributed by atoms with Crippen LogP contribution in [0.4, 0.5) is 5.82 Å². The zero-order valence-corrected chi connectivity index (χ0v) is 13.8. The van der Waals surface area contributed by atoms with Crippen molar-refractivity contribution in [2.75, 3.05) is 31.5 Å². The smallest absolute Gasteiger partial charge is 0.263 e. The number of aromatic nitrogens is 5. The average Bonchev–Trinajstić information content (AvgIpc) is 3.35. The summed E-state index contributed by atoms with van der Waals surface area (Å²) in [5, 5.41) is 7.38. The van der Waals surface area contributed by atoms with Crippen molar-refractivity contribution in [3.63, 3.8) is 0 Å². The first-order valence-corrected chi connectivity index (χ1v) is 8.41. The molecule has 1 aliphatic heterocycles. The predicted molar refractivity (Wildman–Crippen MR) is 92.7 cm³/mol. The Morgan fingerprint density at radius 3 is 2.92 bits per heavy atom. The number of hydrogen-bond acceptors (Lipinski definition) is 8. The summed E-state index contributed by atoms with van der Waals surface area (Å²) in [7, 11) is 0. The van der Waals surface area contributed by atoms with Crippen LogP contribution in [0.2, 0.25) is 0 Å². The maximum atomic E-state index is 5.41. The van der Waals surface area contributed by atoms with Gasteiger partial charge in [-0.3, -0.25) is 4.98 Å².